The summed E-state index contributed by atoms with van der Waals surface area (Å²) in [6.07, 6.45) is -0.653. The van der Waals surface area contributed by atoms with Gasteiger partial charge in [0.05, 0.1) is 0 Å². The van der Waals surface area contributed by atoms with Crippen molar-refractivity contribution in [2.45, 2.75) is 48.5 Å². The number of carbonyl (C=O) groups is 1. The molecular weight excluding hydrogens is 380 g/mol. The molecule has 3 rings (SSSR count). The molecule has 3 aromatic carbocycles. The molecule has 0 radical (unpaired) electrons. The van der Waals surface area contributed by atoms with Gasteiger partial charge in [-0.15, -0.1) is 0 Å². The monoisotopic (exact) mass is 406 g/mol. The zero-order valence-electron chi connectivity index (χ0n) is 17.0. The van der Waals surface area contributed by atoms with Crippen molar-refractivity contribution in [3.63, 3.8) is 0 Å². The Morgan fingerprint density at radius 2 is 1.55 bits per heavy atom. The van der Waals surface area contributed by atoms with E-state index in [1.54, 1.807) is 11.8 Å². The Kier molecular flexibility index (Phi) is 6.65. The lowest BCUT2D eigenvalue weighted by atomic mass is 9.87. The van der Waals surface area contributed by atoms with Gasteiger partial charge < -0.3 is 9.84 Å². The summed E-state index contributed by atoms with van der Waals surface area (Å²) in [5, 5.41) is 9.73. The first-order chi connectivity index (χ1) is 13.8. The lowest BCUT2D eigenvalue weighted by Crippen LogP contribution is -2.29. The predicted octanol–water partition coefficient (Wildman–Crippen LogP) is 6.21. The summed E-state index contributed by atoms with van der Waals surface area (Å²) in [6, 6.07) is 25.6. The zero-order valence-corrected chi connectivity index (χ0v) is 17.8. The molecule has 150 valence electrons. The number of hydrogen-bond donors (Lipinski definition) is 1. The number of hydrogen-bond acceptors (Lipinski definition) is 3. The van der Waals surface area contributed by atoms with Gasteiger partial charge in [-0.3, -0.25) is 0 Å². The first kappa shape index (κ1) is 21.0. The fraction of sp³-hybridized carbons (Fsp3) is 0.240. The van der Waals surface area contributed by atoms with Crippen molar-refractivity contribution in [3.8, 4) is 5.75 Å². The standard InChI is InChI=1S/C25H26O3S/c1-25(2,3)19-13-15-20(16-14-19)28-22(24(26)27)17-18-9-7-8-12-23(18)29-21-10-5-4-6-11-21/h4-16,22H,17H2,1-3H3,(H,26,27). The van der Waals surface area contributed by atoms with Gasteiger partial charge in [-0.25, -0.2) is 4.79 Å². The van der Waals surface area contributed by atoms with Gasteiger partial charge in [0.15, 0.2) is 6.10 Å². The molecule has 3 nitrogen and oxygen atoms in total. The Morgan fingerprint density at radius 1 is 0.931 bits per heavy atom. The van der Waals surface area contributed by atoms with E-state index in [1.807, 2.05) is 78.9 Å². The molecule has 0 spiro atoms. The molecule has 29 heavy (non-hydrogen) atoms. The minimum atomic E-state index is -0.968. The third-order valence-corrected chi connectivity index (χ3v) is 5.75. The van der Waals surface area contributed by atoms with Crippen LogP contribution in [0, 0.1) is 0 Å². The number of carboxylic acid groups (broad SMARTS) is 1. The fourth-order valence-corrected chi connectivity index (χ4v) is 3.94. The molecule has 1 N–H and O–H groups in total. The largest absolute Gasteiger partial charge is 0.478 e. The van der Waals surface area contributed by atoms with E-state index in [9.17, 15) is 9.90 Å². The normalized spacial score (nSPS) is 12.4. The van der Waals surface area contributed by atoms with E-state index in [4.69, 9.17) is 4.74 Å². The molecule has 0 bridgehead atoms. The van der Waals surface area contributed by atoms with Crippen molar-refractivity contribution in [2.24, 2.45) is 0 Å². The van der Waals surface area contributed by atoms with E-state index in [0.717, 1.165) is 15.4 Å². The SMILES string of the molecule is CC(C)(C)c1ccc(OC(Cc2ccccc2Sc2ccccc2)C(=O)O)cc1. The van der Waals surface area contributed by atoms with Crippen molar-refractivity contribution >= 4 is 17.7 Å². The molecular formula is C25H26O3S. The number of rotatable bonds is 7. The molecule has 0 aliphatic rings. The van der Waals surface area contributed by atoms with Gasteiger partial charge >= 0.3 is 5.97 Å². The van der Waals surface area contributed by atoms with Crippen LogP contribution >= 0.6 is 11.8 Å². The number of ether oxygens (including phenoxy) is 1. The molecule has 3 aromatic rings. The lowest BCUT2D eigenvalue weighted by Gasteiger charge is -2.20. The summed E-state index contributed by atoms with van der Waals surface area (Å²) < 4.78 is 5.84. The van der Waals surface area contributed by atoms with Crippen molar-refractivity contribution in [2.75, 3.05) is 0 Å². The van der Waals surface area contributed by atoms with Crippen LogP contribution in [0.3, 0.4) is 0 Å². The highest BCUT2D eigenvalue weighted by atomic mass is 32.2. The van der Waals surface area contributed by atoms with Crippen LogP contribution in [0.25, 0.3) is 0 Å². The Hall–Kier alpha value is -2.72. The molecule has 0 aliphatic heterocycles. The molecule has 0 aliphatic carbocycles. The van der Waals surface area contributed by atoms with Gasteiger partial charge in [0.2, 0.25) is 0 Å². The van der Waals surface area contributed by atoms with Crippen molar-refractivity contribution in [1.29, 1.82) is 0 Å². The number of carboxylic acids is 1. The van der Waals surface area contributed by atoms with Crippen LogP contribution in [0.1, 0.15) is 31.9 Å². The van der Waals surface area contributed by atoms with Gasteiger partial charge in [0, 0.05) is 16.2 Å². The Balaban J connectivity index is 1.77. The Bertz CT molecular complexity index is 944. The van der Waals surface area contributed by atoms with E-state index in [-0.39, 0.29) is 5.41 Å². The van der Waals surface area contributed by atoms with Crippen molar-refractivity contribution in [1.82, 2.24) is 0 Å². The van der Waals surface area contributed by atoms with Crippen LogP contribution in [0.4, 0.5) is 0 Å². The van der Waals surface area contributed by atoms with E-state index < -0.39 is 12.1 Å². The number of benzene rings is 3. The van der Waals surface area contributed by atoms with Crippen LogP contribution in [0.2, 0.25) is 0 Å². The topological polar surface area (TPSA) is 46.5 Å². The van der Waals surface area contributed by atoms with E-state index in [0.29, 0.717) is 12.2 Å². The van der Waals surface area contributed by atoms with Gasteiger partial charge in [-0.05, 0) is 46.9 Å². The summed E-state index contributed by atoms with van der Waals surface area (Å²) in [7, 11) is 0. The van der Waals surface area contributed by atoms with Crippen molar-refractivity contribution < 1.29 is 14.6 Å². The minimum Gasteiger partial charge on any atom is -0.478 e. The van der Waals surface area contributed by atoms with Gasteiger partial charge in [0.1, 0.15) is 5.75 Å². The summed E-state index contributed by atoms with van der Waals surface area (Å²) in [6.45, 7) is 6.43. The summed E-state index contributed by atoms with van der Waals surface area (Å²) >= 11 is 1.63. The van der Waals surface area contributed by atoms with E-state index in [2.05, 4.69) is 20.8 Å². The lowest BCUT2D eigenvalue weighted by molar-refractivity contribution is -0.145. The highest BCUT2D eigenvalue weighted by Crippen LogP contribution is 2.31. The highest BCUT2D eigenvalue weighted by molar-refractivity contribution is 7.99. The molecule has 0 aromatic heterocycles. The van der Waals surface area contributed by atoms with Crippen LogP contribution in [0.15, 0.2) is 88.7 Å². The van der Waals surface area contributed by atoms with Crippen LogP contribution < -0.4 is 4.74 Å². The maximum absolute atomic E-state index is 11.9. The number of aliphatic carboxylic acids is 1. The second-order valence-corrected chi connectivity index (χ2v) is 9.06. The summed E-state index contributed by atoms with van der Waals surface area (Å²) in [5.41, 5.74) is 2.18. The van der Waals surface area contributed by atoms with Crippen LogP contribution in [-0.2, 0) is 16.6 Å². The molecule has 0 fully saturated rings. The zero-order chi connectivity index (χ0) is 20.9. The third-order valence-electron chi connectivity index (χ3n) is 4.62. The second-order valence-electron chi connectivity index (χ2n) is 7.95. The molecule has 1 atom stereocenters. The average molecular weight is 407 g/mol. The molecule has 4 heteroatoms. The maximum Gasteiger partial charge on any atom is 0.345 e. The average Bonchev–Trinajstić information content (AvgIpc) is 2.69. The summed E-state index contributed by atoms with van der Waals surface area (Å²) in [5.74, 6) is -0.400. The third kappa shape index (κ3) is 5.88. The quantitative estimate of drug-likeness (QED) is 0.507. The van der Waals surface area contributed by atoms with Crippen LogP contribution in [-0.4, -0.2) is 17.2 Å². The van der Waals surface area contributed by atoms with E-state index in [1.165, 1.54) is 5.56 Å². The maximum atomic E-state index is 11.9. The van der Waals surface area contributed by atoms with E-state index >= 15 is 0 Å². The second kappa shape index (κ2) is 9.19. The van der Waals surface area contributed by atoms with Crippen LogP contribution in [0.5, 0.6) is 5.75 Å². The summed E-state index contributed by atoms with van der Waals surface area (Å²) in [4.78, 5) is 14.0. The van der Waals surface area contributed by atoms with Gasteiger partial charge in [0.25, 0.3) is 0 Å². The first-order valence-corrected chi connectivity index (χ1v) is 10.5. The molecule has 1 unspecified atom stereocenters. The molecule has 0 saturated heterocycles. The fourth-order valence-electron chi connectivity index (χ4n) is 2.96. The predicted molar refractivity (Wildman–Crippen MR) is 118 cm³/mol. The smallest absolute Gasteiger partial charge is 0.345 e. The minimum absolute atomic E-state index is 0.0400. The Labute approximate surface area is 176 Å². The molecule has 0 saturated carbocycles. The first-order valence-electron chi connectivity index (χ1n) is 9.64. The highest BCUT2D eigenvalue weighted by Gasteiger charge is 2.22. The molecule has 0 amide bonds. The Morgan fingerprint density at radius 3 is 2.17 bits per heavy atom. The van der Waals surface area contributed by atoms with Crippen molar-refractivity contribution in [3.05, 3.63) is 90.0 Å². The van der Waals surface area contributed by atoms with Gasteiger partial charge in [-0.2, -0.15) is 0 Å². The molecule has 0 heterocycles. The van der Waals surface area contributed by atoms with Gasteiger partial charge in [-0.1, -0.05) is 81.1 Å².